The maximum Gasteiger partial charge on any atom is 0.122 e. The van der Waals surface area contributed by atoms with E-state index in [2.05, 4.69) is 27.7 Å². The Labute approximate surface area is 65.8 Å². The third-order valence-corrected chi connectivity index (χ3v) is 2.52. The fraction of sp³-hybridized carbons (Fsp3) is 0.857. The summed E-state index contributed by atoms with van der Waals surface area (Å²) in [5, 5.41) is 14.9. The van der Waals surface area contributed by atoms with Gasteiger partial charge < -0.3 is 5.32 Å². The molecule has 1 saturated heterocycles. The molecule has 2 aliphatic rings. The largest absolute Gasteiger partial charge is 0.316 e. The van der Waals surface area contributed by atoms with Crippen LogP contribution in [0.4, 0.5) is 0 Å². The molecule has 4 heteroatoms. The molecule has 2 unspecified atom stereocenters. The van der Waals surface area contributed by atoms with Crippen molar-refractivity contribution in [2.45, 2.75) is 18.9 Å². The Balaban J connectivity index is 2.13. The summed E-state index contributed by atoms with van der Waals surface area (Å²) < 4.78 is 0. The molecule has 0 spiro atoms. The molecule has 0 aromatic heterocycles. The third-order valence-electron chi connectivity index (χ3n) is 2.52. The molecule has 1 fully saturated rings. The molecule has 0 amide bonds. The molecular formula is C7H12N4. The van der Waals surface area contributed by atoms with Crippen LogP contribution < -0.4 is 5.32 Å². The highest BCUT2D eigenvalue weighted by Crippen LogP contribution is 2.28. The molecule has 2 aliphatic heterocycles. The van der Waals surface area contributed by atoms with Gasteiger partial charge in [-0.3, -0.25) is 0 Å². The molecule has 0 aromatic carbocycles. The maximum atomic E-state index is 4.11. The summed E-state index contributed by atoms with van der Waals surface area (Å²) in [6, 6.07) is 0. The minimum absolute atomic E-state index is 0.122. The quantitative estimate of drug-likeness (QED) is 0.593. The van der Waals surface area contributed by atoms with Gasteiger partial charge in [-0.15, -0.1) is 5.10 Å². The first-order valence-electron chi connectivity index (χ1n) is 3.98. The number of nitrogens with one attached hydrogen (secondary N) is 1. The summed E-state index contributed by atoms with van der Waals surface area (Å²) in [6.07, 6.45) is 3.03. The lowest BCUT2D eigenvalue weighted by Gasteiger charge is -2.21. The predicted octanol–water partition coefficient (Wildman–Crippen LogP) is 0.806. The molecule has 0 saturated carbocycles. The van der Waals surface area contributed by atoms with Crippen molar-refractivity contribution in [3.63, 3.8) is 0 Å². The summed E-state index contributed by atoms with van der Waals surface area (Å²) in [6.45, 7) is 4.23. The molecule has 2 heterocycles. The summed E-state index contributed by atoms with van der Waals surface area (Å²) in [7, 11) is 0. The summed E-state index contributed by atoms with van der Waals surface area (Å²) >= 11 is 0. The van der Waals surface area contributed by atoms with Crippen LogP contribution in [0.5, 0.6) is 0 Å². The monoisotopic (exact) mass is 152 g/mol. The molecule has 11 heavy (non-hydrogen) atoms. The first-order valence-corrected chi connectivity index (χ1v) is 3.98. The van der Waals surface area contributed by atoms with Crippen LogP contribution >= 0.6 is 0 Å². The van der Waals surface area contributed by atoms with Crippen LogP contribution in [0, 0.1) is 5.92 Å². The van der Waals surface area contributed by atoms with Gasteiger partial charge in [-0.05, 0) is 25.1 Å². The van der Waals surface area contributed by atoms with E-state index >= 15 is 0 Å². The van der Waals surface area contributed by atoms with E-state index in [-0.39, 0.29) is 5.54 Å². The second kappa shape index (κ2) is 2.37. The number of hydrogen-bond acceptors (Lipinski definition) is 4. The van der Waals surface area contributed by atoms with Gasteiger partial charge in [-0.25, -0.2) is 0 Å². The minimum Gasteiger partial charge on any atom is -0.316 e. The van der Waals surface area contributed by atoms with Crippen molar-refractivity contribution in [3.8, 4) is 0 Å². The van der Waals surface area contributed by atoms with E-state index in [0.717, 1.165) is 13.1 Å². The first-order chi connectivity index (χ1) is 5.31. The van der Waals surface area contributed by atoms with E-state index in [1.54, 1.807) is 0 Å². The van der Waals surface area contributed by atoms with Gasteiger partial charge in [0.1, 0.15) is 5.54 Å². The van der Waals surface area contributed by atoms with Crippen LogP contribution in [0.1, 0.15) is 13.3 Å². The molecule has 0 aliphatic carbocycles. The fourth-order valence-electron chi connectivity index (χ4n) is 1.63. The summed E-state index contributed by atoms with van der Waals surface area (Å²) in [5.74, 6) is 0.581. The average molecular weight is 152 g/mol. The Morgan fingerprint density at radius 2 is 2.55 bits per heavy atom. The Hall–Kier alpha value is -0.770. The van der Waals surface area contributed by atoms with Crippen molar-refractivity contribution in [2.24, 2.45) is 21.4 Å². The highest BCUT2D eigenvalue weighted by molar-refractivity contribution is 5.71. The molecule has 0 radical (unpaired) electrons. The van der Waals surface area contributed by atoms with Crippen LogP contribution in [0.2, 0.25) is 0 Å². The Bertz CT molecular complexity index is 190. The highest BCUT2D eigenvalue weighted by Gasteiger charge is 2.36. The van der Waals surface area contributed by atoms with Gasteiger partial charge in [0.15, 0.2) is 0 Å². The van der Waals surface area contributed by atoms with E-state index in [4.69, 9.17) is 0 Å². The van der Waals surface area contributed by atoms with E-state index in [0.29, 0.717) is 5.92 Å². The summed E-state index contributed by atoms with van der Waals surface area (Å²) in [5.41, 5.74) is -0.122. The van der Waals surface area contributed by atoms with Gasteiger partial charge in [0.25, 0.3) is 0 Å². The van der Waals surface area contributed by atoms with Crippen molar-refractivity contribution in [3.05, 3.63) is 0 Å². The van der Waals surface area contributed by atoms with Gasteiger partial charge in [-0.1, -0.05) is 0 Å². The second-order valence-electron chi connectivity index (χ2n) is 3.35. The van der Waals surface area contributed by atoms with Crippen LogP contribution in [0.25, 0.3) is 0 Å². The number of nitrogens with zero attached hydrogens (tertiary/aromatic N) is 3. The molecule has 60 valence electrons. The van der Waals surface area contributed by atoms with Crippen molar-refractivity contribution in [1.82, 2.24) is 5.32 Å². The van der Waals surface area contributed by atoms with Crippen LogP contribution in [0.3, 0.4) is 0 Å². The molecule has 0 aromatic rings. The van der Waals surface area contributed by atoms with E-state index < -0.39 is 0 Å². The van der Waals surface area contributed by atoms with Gasteiger partial charge in [0.2, 0.25) is 0 Å². The maximum absolute atomic E-state index is 4.11. The molecule has 0 bridgehead atoms. The Morgan fingerprint density at radius 3 is 3.09 bits per heavy atom. The lowest BCUT2D eigenvalue weighted by atomic mass is 9.87. The zero-order valence-corrected chi connectivity index (χ0v) is 6.62. The lowest BCUT2D eigenvalue weighted by Crippen LogP contribution is -2.34. The molecule has 1 N–H and O–H groups in total. The van der Waals surface area contributed by atoms with Gasteiger partial charge >= 0.3 is 0 Å². The van der Waals surface area contributed by atoms with E-state index in [9.17, 15) is 0 Å². The van der Waals surface area contributed by atoms with Gasteiger partial charge in [-0.2, -0.15) is 5.11 Å². The van der Waals surface area contributed by atoms with Crippen molar-refractivity contribution in [2.75, 3.05) is 13.1 Å². The van der Waals surface area contributed by atoms with Crippen LogP contribution in [0.15, 0.2) is 15.4 Å². The Kier molecular flexibility index (Phi) is 1.49. The van der Waals surface area contributed by atoms with Gasteiger partial charge in [0.05, 0.1) is 6.21 Å². The lowest BCUT2D eigenvalue weighted by molar-refractivity contribution is 0.416. The van der Waals surface area contributed by atoms with Crippen molar-refractivity contribution >= 4 is 6.21 Å². The summed E-state index contributed by atoms with van der Waals surface area (Å²) in [4.78, 5) is 0. The number of rotatable bonds is 1. The van der Waals surface area contributed by atoms with E-state index in [1.807, 2.05) is 6.21 Å². The van der Waals surface area contributed by atoms with E-state index in [1.165, 1.54) is 6.42 Å². The van der Waals surface area contributed by atoms with Crippen molar-refractivity contribution in [1.29, 1.82) is 0 Å². The number of hydrogen-bond donors (Lipinski definition) is 1. The van der Waals surface area contributed by atoms with Crippen LogP contribution in [-0.4, -0.2) is 24.8 Å². The zero-order valence-electron chi connectivity index (χ0n) is 6.62. The molecular weight excluding hydrogens is 140 g/mol. The molecule has 4 nitrogen and oxygen atoms in total. The SMILES string of the molecule is CC1(C2CCNC2)C=NN=N1. The topological polar surface area (TPSA) is 49.1 Å². The Morgan fingerprint density at radius 1 is 1.64 bits per heavy atom. The average Bonchev–Trinajstić information content (AvgIpc) is 2.55. The normalized spacial score (nSPS) is 42.1. The predicted molar refractivity (Wildman–Crippen MR) is 42.7 cm³/mol. The molecule has 2 atom stereocenters. The van der Waals surface area contributed by atoms with Crippen molar-refractivity contribution < 1.29 is 0 Å². The van der Waals surface area contributed by atoms with Gasteiger partial charge in [0, 0.05) is 12.5 Å². The molecule has 2 rings (SSSR count). The smallest absolute Gasteiger partial charge is 0.122 e. The fourth-order valence-corrected chi connectivity index (χ4v) is 1.63. The first kappa shape index (κ1) is 6.91. The standard InChI is InChI=1S/C7H12N4/c1-7(5-9-11-10-7)6-2-3-8-4-6/h5-6,8H,2-4H2,1H3. The third kappa shape index (κ3) is 1.07. The minimum atomic E-state index is -0.122. The zero-order chi connectivity index (χ0) is 7.73. The second-order valence-corrected chi connectivity index (χ2v) is 3.35. The highest BCUT2D eigenvalue weighted by atomic mass is 15.4. The van der Waals surface area contributed by atoms with Crippen LogP contribution in [-0.2, 0) is 0 Å².